The first-order valence-electron chi connectivity index (χ1n) is 8.89. The number of imide groups is 1. The topological polar surface area (TPSA) is 88.2 Å². The lowest BCUT2D eigenvalue weighted by Gasteiger charge is -2.23. The van der Waals surface area contributed by atoms with E-state index in [-0.39, 0.29) is 30.8 Å². The molecular weight excluding hydrogens is 350 g/mol. The zero-order chi connectivity index (χ0) is 19.8. The first-order chi connectivity index (χ1) is 12.8. The van der Waals surface area contributed by atoms with Crippen molar-refractivity contribution in [3.05, 3.63) is 23.8 Å². The van der Waals surface area contributed by atoms with Crippen molar-refractivity contribution in [3.8, 4) is 11.5 Å². The van der Waals surface area contributed by atoms with Crippen LogP contribution in [0, 0.1) is 5.92 Å². The molecule has 8 nitrogen and oxygen atoms in total. The largest absolute Gasteiger partial charge is 0.493 e. The molecule has 1 heterocycles. The first-order valence-corrected chi connectivity index (χ1v) is 8.89. The minimum absolute atomic E-state index is 0.160. The van der Waals surface area contributed by atoms with Gasteiger partial charge in [-0.2, -0.15) is 0 Å². The van der Waals surface area contributed by atoms with Crippen LogP contribution in [0.15, 0.2) is 18.2 Å². The molecule has 1 saturated carbocycles. The van der Waals surface area contributed by atoms with E-state index in [1.54, 1.807) is 27.1 Å². The number of ether oxygens (including phenoxy) is 2. The molecule has 1 saturated heterocycles. The van der Waals surface area contributed by atoms with E-state index in [9.17, 15) is 14.4 Å². The average molecular weight is 375 g/mol. The van der Waals surface area contributed by atoms with E-state index in [4.69, 9.17) is 9.47 Å². The lowest BCUT2D eigenvalue weighted by molar-refractivity contribution is -0.138. The van der Waals surface area contributed by atoms with Gasteiger partial charge in [-0.25, -0.2) is 4.79 Å². The molecule has 1 atom stereocenters. The van der Waals surface area contributed by atoms with Gasteiger partial charge in [-0.05, 0) is 31.7 Å². The molecule has 1 N–H and O–H groups in total. The second-order valence-electron chi connectivity index (χ2n) is 7.20. The van der Waals surface area contributed by atoms with Crippen molar-refractivity contribution >= 4 is 17.8 Å². The standard InChI is InChI=1S/C19H25N3O5/c1-19(13-8-9-13)17(24)22(18(25)20-19)11-15(23)21(2)10-12-6-5-7-14(26-3)16(12)27-4/h5-7,13H,8-11H2,1-4H3,(H,20,25). The fourth-order valence-corrected chi connectivity index (χ4v) is 3.47. The number of benzene rings is 1. The quantitative estimate of drug-likeness (QED) is 0.728. The highest BCUT2D eigenvalue weighted by atomic mass is 16.5. The molecule has 4 amide bonds. The molecule has 8 heteroatoms. The predicted molar refractivity (Wildman–Crippen MR) is 97.4 cm³/mol. The third-order valence-corrected chi connectivity index (χ3v) is 5.31. The number of urea groups is 1. The number of nitrogens with one attached hydrogen (secondary N) is 1. The van der Waals surface area contributed by atoms with Crippen LogP contribution < -0.4 is 14.8 Å². The molecule has 1 unspecified atom stereocenters. The molecule has 0 bridgehead atoms. The third kappa shape index (κ3) is 3.43. The number of likely N-dealkylation sites (N-methyl/N-ethyl adjacent to an activating group) is 1. The van der Waals surface area contributed by atoms with Crippen molar-refractivity contribution in [1.82, 2.24) is 15.1 Å². The summed E-state index contributed by atoms with van der Waals surface area (Å²) in [7, 11) is 4.71. The summed E-state index contributed by atoms with van der Waals surface area (Å²) < 4.78 is 10.7. The van der Waals surface area contributed by atoms with Gasteiger partial charge < -0.3 is 19.7 Å². The van der Waals surface area contributed by atoms with Crippen LogP contribution in [0.4, 0.5) is 4.79 Å². The van der Waals surface area contributed by atoms with Gasteiger partial charge in [-0.1, -0.05) is 12.1 Å². The van der Waals surface area contributed by atoms with E-state index in [0.29, 0.717) is 11.5 Å². The number of amides is 4. The molecule has 1 aliphatic heterocycles. The maximum atomic E-state index is 12.7. The van der Waals surface area contributed by atoms with Crippen LogP contribution in [-0.4, -0.2) is 61.0 Å². The fourth-order valence-electron chi connectivity index (χ4n) is 3.47. The summed E-state index contributed by atoms with van der Waals surface area (Å²) in [6, 6.07) is 4.92. The maximum Gasteiger partial charge on any atom is 0.325 e. The zero-order valence-corrected chi connectivity index (χ0v) is 16.1. The minimum atomic E-state index is -0.883. The van der Waals surface area contributed by atoms with Crippen molar-refractivity contribution < 1.29 is 23.9 Å². The van der Waals surface area contributed by atoms with Crippen molar-refractivity contribution in [3.63, 3.8) is 0 Å². The maximum absolute atomic E-state index is 12.7. The van der Waals surface area contributed by atoms with E-state index in [0.717, 1.165) is 23.3 Å². The van der Waals surface area contributed by atoms with Gasteiger partial charge in [-0.3, -0.25) is 14.5 Å². The molecule has 3 rings (SSSR count). The molecule has 146 valence electrons. The van der Waals surface area contributed by atoms with Crippen molar-refractivity contribution in [2.45, 2.75) is 31.8 Å². The van der Waals surface area contributed by atoms with Gasteiger partial charge in [-0.15, -0.1) is 0 Å². The molecular formula is C19H25N3O5. The number of hydrogen-bond donors (Lipinski definition) is 1. The normalized spacial score (nSPS) is 21.9. The summed E-state index contributed by atoms with van der Waals surface area (Å²) >= 11 is 0. The van der Waals surface area contributed by atoms with Crippen LogP contribution in [-0.2, 0) is 16.1 Å². The fraction of sp³-hybridized carbons (Fsp3) is 0.526. The highest BCUT2D eigenvalue weighted by Crippen LogP contribution is 2.42. The Bertz CT molecular complexity index is 777. The molecule has 0 aromatic heterocycles. The third-order valence-electron chi connectivity index (χ3n) is 5.31. The van der Waals surface area contributed by atoms with E-state index in [1.165, 1.54) is 12.0 Å². The molecule has 2 fully saturated rings. The zero-order valence-electron chi connectivity index (χ0n) is 16.1. The Morgan fingerprint density at radius 2 is 2.00 bits per heavy atom. The van der Waals surface area contributed by atoms with Gasteiger partial charge in [0.25, 0.3) is 5.91 Å². The highest BCUT2D eigenvalue weighted by molar-refractivity contribution is 6.09. The Balaban J connectivity index is 1.68. The number of carbonyl (C=O) groups is 3. The summed E-state index contributed by atoms with van der Waals surface area (Å²) in [6.07, 6.45) is 1.83. The second-order valence-corrected chi connectivity index (χ2v) is 7.20. The number of rotatable bonds is 7. The second kappa shape index (κ2) is 7.09. The number of methoxy groups -OCH3 is 2. The van der Waals surface area contributed by atoms with Crippen molar-refractivity contribution in [2.24, 2.45) is 5.92 Å². The SMILES string of the molecule is COc1cccc(CN(C)C(=O)CN2C(=O)NC(C)(C3CC3)C2=O)c1OC. The summed E-state index contributed by atoms with van der Waals surface area (Å²) in [5.74, 6) is 0.632. The molecule has 2 aliphatic rings. The molecule has 27 heavy (non-hydrogen) atoms. The lowest BCUT2D eigenvalue weighted by Crippen LogP contribution is -2.47. The summed E-state index contributed by atoms with van der Waals surface area (Å²) in [5.41, 5.74) is -0.112. The van der Waals surface area contributed by atoms with Crippen LogP contribution in [0.25, 0.3) is 0 Å². The van der Waals surface area contributed by atoms with Crippen molar-refractivity contribution in [1.29, 1.82) is 0 Å². The van der Waals surface area contributed by atoms with E-state index >= 15 is 0 Å². The van der Waals surface area contributed by atoms with Gasteiger partial charge in [0.2, 0.25) is 5.91 Å². The van der Waals surface area contributed by atoms with Crippen LogP contribution in [0.5, 0.6) is 11.5 Å². The summed E-state index contributed by atoms with van der Waals surface area (Å²) in [4.78, 5) is 40.0. The van der Waals surface area contributed by atoms with Crippen LogP contribution in [0.2, 0.25) is 0 Å². The van der Waals surface area contributed by atoms with Gasteiger partial charge >= 0.3 is 6.03 Å². The molecule has 0 radical (unpaired) electrons. The number of para-hydroxylation sites is 1. The lowest BCUT2D eigenvalue weighted by atomic mass is 9.96. The highest BCUT2D eigenvalue weighted by Gasteiger charge is 2.56. The van der Waals surface area contributed by atoms with Crippen LogP contribution in [0.1, 0.15) is 25.3 Å². The Morgan fingerprint density at radius 1 is 1.30 bits per heavy atom. The predicted octanol–water partition coefficient (Wildman–Crippen LogP) is 1.38. The number of nitrogens with zero attached hydrogens (tertiary/aromatic N) is 2. The number of hydrogen-bond acceptors (Lipinski definition) is 5. The van der Waals surface area contributed by atoms with Crippen molar-refractivity contribution in [2.75, 3.05) is 27.8 Å². The van der Waals surface area contributed by atoms with Crippen LogP contribution in [0.3, 0.4) is 0 Å². The van der Waals surface area contributed by atoms with E-state index < -0.39 is 11.6 Å². The molecule has 1 aromatic rings. The number of carbonyl (C=O) groups excluding carboxylic acids is 3. The van der Waals surface area contributed by atoms with Gasteiger partial charge in [0.05, 0.1) is 14.2 Å². The molecule has 1 aliphatic carbocycles. The Hall–Kier alpha value is -2.77. The smallest absolute Gasteiger partial charge is 0.325 e. The van der Waals surface area contributed by atoms with Gasteiger partial charge in [0.1, 0.15) is 12.1 Å². The van der Waals surface area contributed by atoms with Crippen LogP contribution >= 0.6 is 0 Å². The first kappa shape index (κ1) is 19.0. The van der Waals surface area contributed by atoms with Gasteiger partial charge in [0.15, 0.2) is 11.5 Å². The Labute approximate surface area is 158 Å². The minimum Gasteiger partial charge on any atom is -0.493 e. The molecule has 0 spiro atoms. The summed E-state index contributed by atoms with van der Waals surface area (Å²) in [5, 5.41) is 2.75. The Morgan fingerprint density at radius 3 is 2.59 bits per heavy atom. The summed E-state index contributed by atoms with van der Waals surface area (Å²) in [6.45, 7) is 1.72. The van der Waals surface area contributed by atoms with E-state index in [2.05, 4.69) is 5.32 Å². The Kier molecular flexibility index (Phi) is 4.99. The molecule has 1 aromatic carbocycles. The van der Waals surface area contributed by atoms with E-state index in [1.807, 2.05) is 12.1 Å². The van der Waals surface area contributed by atoms with Gasteiger partial charge in [0, 0.05) is 19.2 Å². The monoisotopic (exact) mass is 375 g/mol. The average Bonchev–Trinajstić information content (AvgIpc) is 3.47.